The molecule has 2 aromatic rings. The number of hydrogen-bond donors (Lipinski definition) is 2. The molecular weight excluding hydrogens is 240 g/mol. The molecule has 0 radical (unpaired) electrons. The van der Waals surface area contributed by atoms with Crippen molar-refractivity contribution >= 4 is 17.1 Å². The van der Waals surface area contributed by atoms with Gasteiger partial charge in [0.1, 0.15) is 0 Å². The normalized spacial score (nSPS) is 12.0. The number of oxazole rings is 1. The first-order valence-corrected chi connectivity index (χ1v) is 4.99. The van der Waals surface area contributed by atoms with Gasteiger partial charge in [-0.2, -0.15) is 0 Å². The summed E-state index contributed by atoms with van der Waals surface area (Å²) in [5.74, 6) is -1.68. The molecule has 0 amide bonds. The maximum absolute atomic E-state index is 11.0. The molecule has 0 aliphatic rings. The number of nitrogens with one attached hydrogen (secondary N) is 1. The summed E-state index contributed by atoms with van der Waals surface area (Å²) in [7, 11) is 0. The number of benzene rings is 1. The minimum absolute atomic E-state index is 0.293. The van der Waals surface area contributed by atoms with Crippen LogP contribution in [0.5, 0.6) is 0 Å². The molecule has 2 N–H and O–H groups in total. The molecule has 1 unspecified atom stereocenters. The first-order valence-electron chi connectivity index (χ1n) is 4.99. The highest BCUT2D eigenvalue weighted by atomic mass is 16.4. The van der Waals surface area contributed by atoms with E-state index in [0.717, 1.165) is 0 Å². The van der Waals surface area contributed by atoms with E-state index < -0.39 is 17.8 Å². The van der Waals surface area contributed by atoms with Gasteiger partial charge in [-0.25, -0.2) is 4.79 Å². The highest BCUT2D eigenvalue weighted by Gasteiger charge is 2.15. The quantitative estimate of drug-likeness (QED) is 0.486. The minimum atomic E-state index is -1.08. The lowest BCUT2D eigenvalue weighted by Gasteiger charge is -2.07. The average Bonchev–Trinajstić information content (AvgIpc) is 2.66. The molecule has 0 saturated heterocycles. The summed E-state index contributed by atoms with van der Waals surface area (Å²) >= 11 is 0. The molecule has 1 aromatic heterocycles. The summed E-state index contributed by atoms with van der Waals surface area (Å²) in [5.41, 5.74) is 9.68. The Hall–Kier alpha value is -2.73. The summed E-state index contributed by atoms with van der Waals surface area (Å²) in [6.45, 7) is 0. The summed E-state index contributed by atoms with van der Waals surface area (Å²) in [5, 5.41) is 12.1. The predicted octanol–water partition coefficient (Wildman–Crippen LogP) is 1.95. The molecule has 92 valence electrons. The van der Waals surface area contributed by atoms with Crippen molar-refractivity contribution in [3.8, 4) is 0 Å². The minimum Gasteiger partial charge on any atom is -0.481 e. The zero-order valence-corrected chi connectivity index (χ0v) is 9.03. The summed E-state index contributed by atoms with van der Waals surface area (Å²) < 4.78 is 4.85. The second-order valence-electron chi connectivity index (χ2n) is 3.59. The fourth-order valence-electron chi connectivity index (χ4n) is 1.62. The van der Waals surface area contributed by atoms with Gasteiger partial charge < -0.3 is 9.52 Å². The molecule has 0 spiro atoms. The highest BCUT2D eigenvalue weighted by molar-refractivity contribution is 5.73. The molecule has 0 bridgehead atoms. The number of rotatable bonds is 4. The maximum Gasteiger partial charge on any atom is 0.417 e. The van der Waals surface area contributed by atoms with Crippen LogP contribution < -0.4 is 5.76 Å². The number of aromatic nitrogens is 1. The molecule has 0 aliphatic carbocycles. The summed E-state index contributed by atoms with van der Waals surface area (Å²) in [6, 6.07) is 3.79. The van der Waals surface area contributed by atoms with Gasteiger partial charge in [-0.05, 0) is 23.2 Å². The van der Waals surface area contributed by atoms with E-state index >= 15 is 0 Å². The fraction of sp³-hybridized carbons (Fsp3) is 0.200. The molecule has 1 heterocycles. The third kappa shape index (κ3) is 2.33. The van der Waals surface area contributed by atoms with Crippen molar-refractivity contribution in [2.24, 2.45) is 5.11 Å². The van der Waals surface area contributed by atoms with Crippen molar-refractivity contribution in [2.75, 3.05) is 0 Å². The third-order valence-corrected chi connectivity index (χ3v) is 2.39. The molecule has 0 saturated carbocycles. The fourth-order valence-corrected chi connectivity index (χ4v) is 1.62. The van der Waals surface area contributed by atoms with Crippen LogP contribution in [0.4, 0.5) is 0 Å². The van der Waals surface area contributed by atoms with Gasteiger partial charge in [-0.1, -0.05) is 11.2 Å². The Morgan fingerprint density at radius 1 is 1.61 bits per heavy atom. The molecule has 18 heavy (non-hydrogen) atoms. The van der Waals surface area contributed by atoms with E-state index in [2.05, 4.69) is 15.0 Å². The Morgan fingerprint density at radius 3 is 3.06 bits per heavy atom. The van der Waals surface area contributed by atoms with Crippen LogP contribution in [0.25, 0.3) is 21.5 Å². The lowest BCUT2D eigenvalue weighted by molar-refractivity contribution is -0.137. The van der Waals surface area contributed by atoms with Gasteiger partial charge in [-0.15, -0.1) is 0 Å². The largest absolute Gasteiger partial charge is 0.481 e. The van der Waals surface area contributed by atoms with E-state index in [1.807, 2.05) is 0 Å². The lowest BCUT2D eigenvalue weighted by Crippen LogP contribution is -2.03. The summed E-state index contributed by atoms with van der Waals surface area (Å²) in [4.78, 5) is 26.7. The van der Waals surface area contributed by atoms with Gasteiger partial charge in [0, 0.05) is 4.91 Å². The van der Waals surface area contributed by atoms with E-state index in [1.54, 1.807) is 12.1 Å². The number of carboxylic acids is 1. The Balaban J connectivity index is 2.46. The van der Waals surface area contributed by atoms with Gasteiger partial charge in [-0.3, -0.25) is 9.78 Å². The molecule has 2 rings (SSSR count). The van der Waals surface area contributed by atoms with E-state index in [1.165, 1.54) is 6.07 Å². The van der Waals surface area contributed by atoms with Crippen LogP contribution in [-0.2, 0) is 4.79 Å². The molecule has 1 aromatic carbocycles. The number of aromatic amines is 1. The number of H-pyrrole nitrogens is 1. The third-order valence-electron chi connectivity index (χ3n) is 2.39. The Bertz CT molecular complexity index is 695. The Labute approximate surface area is 99.5 Å². The Morgan fingerprint density at radius 2 is 2.39 bits per heavy atom. The second kappa shape index (κ2) is 4.64. The molecule has 0 aliphatic heterocycles. The van der Waals surface area contributed by atoms with Crippen molar-refractivity contribution in [3.63, 3.8) is 0 Å². The number of aliphatic carboxylic acids is 1. The second-order valence-corrected chi connectivity index (χ2v) is 3.59. The SMILES string of the molecule is [N-]=[N+]=NC(CC(=O)O)c1ccc2[nH]c(=O)oc2c1. The van der Waals surface area contributed by atoms with Crippen molar-refractivity contribution < 1.29 is 14.3 Å². The van der Waals surface area contributed by atoms with Gasteiger partial charge in [0.05, 0.1) is 18.0 Å². The molecule has 1 atom stereocenters. The van der Waals surface area contributed by atoms with Crippen LogP contribution in [-0.4, -0.2) is 16.1 Å². The van der Waals surface area contributed by atoms with Gasteiger partial charge in [0.25, 0.3) is 0 Å². The predicted molar refractivity (Wildman–Crippen MR) is 61.0 cm³/mol. The number of nitrogens with zero attached hydrogens (tertiary/aromatic N) is 3. The van der Waals surface area contributed by atoms with Crippen molar-refractivity contribution in [1.29, 1.82) is 0 Å². The van der Waals surface area contributed by atoms with Crippen LogP contribution in [0.3, 0.4) is 0 Å². The number of carbonyl (C=O) groups is 1. The summed E-state index contributed by atoms with van der Waals surface area (Å²) in [6.07, 6.45) is -0.329. The molecule has 8 heteroatoms. The van der Waals surface area contributed by atoms with Crippen LogP contribution in [0, 0.1) is 0 Å². The number of fused-ring (bicyclic) bond motifs is 1. The lowest BCUT2D eigenvalue weighted by atomic mass is 10.0. The smallest absolute Gasteiger partial charge is 0.417 e. The average molecular weight is 248 g/mol. The van der Waals surface area contributed by atoms with Gasteiger partial charge >= 0.3 is 11.7 Å². The topological polar surface area (TPSA) is 132 Å². The standard InChI is InChI=1S/C10H8N4O4/c11-14-13-7(4-9(15)16)5-1-2-6-8(3-5)18-10(17)12-6/h1-3,7H,4H2,(H,12,17)(H,15,16). The van der Waals surface area contributed by atoms with Crippen LogP contribution in [0.1, 0.15) is 18.0 Å². The van der Waals surface area contributed by atoms with E-state index in [4.69, 9.17) is 15.1 Å². The van der Waals surface area contributed by atoms with Crippen molar-refractivity contribution in [2.45, 2.75) is 12.5 Å². The first kappa shape index (κ1) is 11.7. The highest BCUT2D eigenvalue weighted by Crippen LogP contribution is 2.24. The molecular formula is C10H8N4O4. The number of carboxylic acid groups (broad SMARTS) is 1. The Kier molecular flexibility index (Phi) is 3.03. The van der Waals surface area contributed by atoms with Gasteiger partial charge in [0.2, 0.25) is 0 Å². The van der Waals surface area contributed by atoms with Crippen LogP contribution in [0.2, 0.25) is 0 Å². The zero-order valence-electron chi connectivity index (χ0n) is 9.03. The van der Waals surface area contributed by atoms with E-state index in [-0.39, 0.29) is 6.42 Å². The van der Waals surface area contributed by atoms with E-state index in [9.17, 15) is 9.59 Å². The van der Waals surface area contributed by atoms with Gasteiger partial charge in [0.15, 0.2) is 5.58 Å². The molecule has 8 nitrogen and oxygen atoms in total. The zero-order chi connectivity index (χ0) is 13.1. The monoisotopic (exact) mass is 248 g/mol. The van der Waals surface area contributed by atoms with E-state index in [0.29, 0.717) is 16.7 Å². The van der Waals surface area contributed by atoms with Crippen molar-refractivity contribution in [3.05, 3.63) is 44.8 Å². The van der Waals surface area contributed by atoms with Crippen LogP contribution in [0.15, 0.2) is 32.5 Å². The van der Waals surface area contributed by atoms with Crippen LogP contribution >= 0.6 is 0 Å². The maximum atomic E-state index is 11.0. The first-order chi connectivity index (χ1) is 8.60. The number of azide groups is 1. The van der Waals surface area contributed by atoms with Crippen molar-refractivity contribution in [1.82, 2.24) is 4.98 Å². The molecule has 0 fully saturated rings. The number of hydrogen-bond acceptors (Lipinski definition) is 4.